The van der Waals surface area contributed by atoms with Gasteiger partial charge in [0.1, 0.15) is 0 Å². The normalized spacial score (nSPS) is 12.0. The van der Waals surface area contributed by atoms with E-state index in [0.717, 1.165) is 31.4 Å². The van der Waals surface area contributed by atoms with Gasteiger partial charge < -0.3 is 10.0 Å². The third kappa shape index (κ3) is 7.04. The first-order chi connectivity index (χ1) is 9.95. The first-order valence-corrected chi connectivity index (χ1v) is 8.78. The molecule has 2 N–H and O–H groups in total. The first-order valence-electron chi connectivity index (χ1n) is 7.30. The molecule has 0 aliphatic carbocycles. The number of hydrogen-bond acceptors (Lipinski definition) is 4. The second-order valence-electron chi connectivity index (χ2n) is 5.38. The Labute approximate surface area is 128 Å². The van der Waals surface area contributed by atoms with Gasteiger partial charge in [-0.1, -0.05) is 12.1 Å². The van der Waals surface area contributed by atoms with E-state index >= 15 is 0 Å². The maximum atomic E-state index is 12.1. The topological polar surface area (TPSA) is 69.6 Å². The van der Waals surface area contributed by atoms with Crippen LogP contribution in [0.4, 0.5) is 0 Å². The highest BCUT2D eigenvalue weighted by Gasteiger charge is 2.12. The highest BCUT2D eigenvalue weighted by molar-refractivity contribution is 7.89. The van der Waals surface area contributed by atoms with E-state index in [4.69, 9.17) is 5.11 Å². The van der Waals surface area contributed by atoms with E-state index in [1.165, 1.54) is 0 Å². The van der Waals surface area contributed by atoms with Gasteiger partial charge >= 0.3 is 0 Å². The van der Waals surface area contributed by atoms with Crippen LogP contribution in [0.25, 0.3) is 0 Å². The molecular formula is C15H26N2O3S. The molecule has 0 heterocycles. The summed E-state index contributed by atoms with van der Waals surface area (Å²) in [6.07, 6.45) is 3.24. The lowest BCUT2D eigenvalue weighted by Crippen LogP contribution is -2.25. The molecule has 1 aromatic carbocycles. The molecule has 0 amide bonds. The Morgan fingerprint density at radius 3 is 2.33 bits per heavy atom. The van der Waals surface area contributed by atoms with Crippen molar-refractivity contribution in [2.45, 2.75) is 30.6 Å². The molecule has 0 aliphatic heterocycles. The highest BCUT2D eigenvalue weighted by Crippen LogP contribution is 2.11. The summed E-state index contributed by atoms with van der Waals surface area (Å²) in [7, 11) is 0.594. The van der Waals surface area contributed by atoms with E-state index < -0.39 is 10.0 Å². The minimum absolute atomic E-state index is 0.147. The molecule has 0 radical (unpaired) electrons. The standard InChI is InChI=1S/C15H26N2O3S/c1-17(2)12-4-3-11-16-21(19,20)15-9-7-14(8-10-15)6-5-13-18/h7-10,16,18H,3-6,11-13H2,1-2H3. The van der Waals surface area contributed by atoms with Gasteiger partial charge in [0.25, 0.3) is 0 Å². The molecule has 0 bridgehead atoms. The number of nitrogens with one attached hydrogen (secondary N) is 1. The summed E-state index contributed by atoms with van der Waals surface area (Å²) in [5.74, 6) is 0. The Hall–Kier alpha value is -0.950. The predicted octanol–water partition coefficient (Wildman–Crippen LogP) is 1.23. The number of benzene rings is 1. The number of aliphatic hydroxyl groups excluding tert-OH is 1. The lowest BCUT2D eigenvalue weighted by molar-refractivity contribution is 0.288. The summed E-state index contributed by atoms with van der Waals surface area (Å²) in [6, 6.07) is 6.84. The predicted molar refractivity (Wildman–Crippen MR) is 84.8 cm³/mol. The third-order valence-corrected chi connectivity index (χ3v) is 4.66. The van der Waals surface area contributed by atoms with Crippen molar-refractivity contribution in [1.29, 1.82) is 0 Å². The van der Waals surface area contributed by atoms with E-state index in [9.17, 15) is 8.42 Å². The van der Waals surface area contributed by atoms with Gasteiger partial charge in [0, 0.05) is 13.2 Å². The third-order valence-electron chi connectivity index (χ3n) is 3.18. The van der Waals surface area contributed by atoms with Gasteiger partial charge in [0.15, 0.2) is 0 Å². The number of hydrogen-bond donors (Lipinski definition) is 2. The quantitative estimate of drug-likeness (QED) is 0.637. The lowest BCUT2D eigenvalue weighted by atomic mass is 10.1. The average molecular weight is 314 g/mol. The Morgan fingerprint density at radius 1 is 1.10 bits per heavy atom. The second kappa shape index (κ2) is 9.15. The van der Waals surface area contributed by atoms with Crippen molar-refractivity contribution in [3.63, 3.8) is 0 Å². The number of nitrogens with zero attached hydrogens (tertiary/aromatic N) is 1. The van der Waals surface area contributed by atoms with Gasteiger partial charge in [-0.2, -0.15) is 0 Å². The molecule has 0 atom stereocenters. The minimum Gasteiger partial charge on any atom is -0.396 e. The number of aliphatic hydroxyl groups is 1. The molecule has 0 aromatic heterocycles. The second-order valence-corrected chi connectivity index (χ2v) is 7.15. The SMILES string of the molecule is CN(C)CCCCNS(=O)(=O)c1ccc(CCCO)cc1. The van der Waals surface area contributed by atoms with Crippen molar-refractivity contribution in [2.75, 3.05) is 33.8 Å². The molecule has 1 aromatic rings. The number of sulfonamides is 1. The molecule has 0 saturated carbocycles. The van der Waals surface area contributed by atoms with Crippen LogP contribution in [-0.4, -0.2) is 52.2 Å². The fraction of sp³-hybridized carbons (Fsp3) is 0.600. The molecule has 6 heteroatoms. The van der Waals surface area contributed by atoms with Crippen molar-refractivity contribution >= 4 is 10.0 Å². The Morgan fingerprint density at radius 2 is 1.76 bits per heavy atom. The van der Waals surface area contributed by atoms with Gasteiger partial charge in [-0.05, 0) is 64.0 Å². The summed E-state index contributed by atoms with van der Waals surface area (Å²) in [6.45, 7) is 1.57. The van der Waals surface area contributed by atoms with Crippen LogP contribution in [0.1, 0.15) is 24.8 Å². The number of unbranched alkanes of at least 4 members (excludes halogenated alkanes) is 1. The van der Waals surface area contributed by atoms with Crippen molar-refractivity contribution in [3.05, 3.63) is 29.8 Å². The van der Waals surface area contributed by atoms with Crippen molar-refractivity contribution < 1.29 is 13.5 Å². The fourth-order valence-corrected chi connectivity index (χ4v) is 3.04. The summed E-state index contributed by atoms with van der Waals surface area (Å²) >= 11 is 0. The minimum atomic E-state index is -3.41. The maximum absolute atomic E-state index is 12.1. The van der Waals surface area contributed by atoms with E-state index in [-0.39, 0.29) is 6.61 Å². The smallest absolute Gasteiger partial charge is 0.240 e. The molecule has 0 aliphatic rings. The zero-order valence-electron chi connectivity index (χ0n) is 12.9. The summed E-state index contributed by atoms with van der Waals surface area (Å²) in [5, 5.41) is 8.78. The van der Waals surface area contributed by atoms with Crippen molar-refractivity contribution in [2.24, 2.45) is 0 Å². The van der Waals surface area contributed by atoms with Crippen LogP contribution in [-0.2, 0) is 16.4 Å². The molecule has 120 valence electrons. The highest BCUT2D eigenvalue weighted by atomic mass is 32.2. The van der Waals surface area contributed by atoms with E-state index in [2.05, 4.69) is 9.62 Å². The summed E-state index contributed by atoms with van der Waals surface area (Å²) < 4.78 is 26.8. The Kier molecular flexibility index (Phi) is 7.88. The van der Waals surface area contributed by atoms with Gasteiger partial charge in [-0.15, -0.1) is 0 Å². The zero-order valence-corrected chi connectivity index (χ0v) is 13.7. The van der Waals surface area contributed by atoms with Crippen LogP contribution in [0.15, 0.2) is 29.2 Å². The largest absolute Gasteiger partial charge is 0.396 e. The van der Waals surface area contributed by atoms with E-state index in [0.29, 0.717) is 17.9 Å². The van der Waals surface area contributed by atoms with E-state index in [1.54, 1.807) is 24.3 Å². The molecule has 5 nitrogen and oxygen atoms in total. The van der Waals surface area contributed by atoms with Gasteiger partial charge in [0.05, 0.1) is 4.90 Å². The van der Waals surface area contributed by atoms with Crippen LogP contribution < -0.4 is 4.72 Å². The average Bonchev–Trinajstić information content (AvgIpc) is 2.44. The van der Waals surface area contributed by atoms with Crippen LogP contribution in [0.3, 0.4) is 0 Å². The van der Waals surface area contributed by atoms with Crippen LogP contribution in [0, 0.1) is 0 Å². The number of aryl methyl sites for hydroxylation is 1. The van der Waals surface area contributed by atoms with Crippen molar-refractivity contribution in [3.8, 4) is 0 Å². The van der Waals surface area contributed by atoms with E-state index in [1.807, 2.05) is 14.1 Å². The monoisotopic (exact) mass is 314 g/mol. The molecule has 1 rings (SSSR count). The Balaban J connectivity index is 2.46. The lowest BCUT2D eigenvalue weighted by Gasteiger charge is -2.10. The Bertz CT molecular complexity index is 498. The van der Waals surface area contributed by atoms with Crippen LogP contribution in [0.5, 0.6) is 0 Å². The number of rotatable bonds is 10. The summed E-state index contributed by atoms with van der Waals surface area (Å²) in [5.41, 5.74) is 1.04. The zero-order chi connectivity index (χ0) is 15.7. The molecule has 0 spiro atoms. The molecule has 0 saturated heterocycles. The van der Waals surface area contributed by atoms with Gasteiger partial charge in [-0.3, -0.25) is 0 Å². The molecule has 0 unspecified atom stereocenters. The molecular weight excluding hydrogens is 288 g/mol. The molecule has 0 fully saturated rings. The first kappa shape index (κ1) is 18.1. The van der Waals surface area contributed by atoms with Gasteiger partial charge in [0.2, 0.25) is 10.0 Å². The van der Waals surface area contributed by atoms with Gasteiger partial charge in [-0.25, -0.2) is 13.1 Å². The summed E-state index contributed by atoms with van der Waals surface area (Å²) in [4.78, 5) is 2.38. The maximum Gasteiger partial charge on any atom is 0.240 e. The van der Waals surface area contributed by atoms with Crippen LogP contribution >= 0.6 is 0 Å². The van der Waals surface area contributed by atoms with Crippen molar-refractivity contribution in [1.82, 2.24) is 9.62 Å². The molecule has 21 heavy (non-hydrogen) atoms. The fourth-order valence-electron chi connectivity index (χ4n) is 1.96. The van der Waals surface area contributed by atoms with Crippen LogP contribution in [0.2, 0.25) is 0 Å².